The maximum Gasteiger partial charge on any atom is 0.254 e. The summed E-state index contributed by atoms with van der Waals surface area (Å²) in [5, 5.41) is 9.55. The summed E-state index contributed by atoms with van der Waals surface area (Å²) in [7, 11) is 1.57. The predicted molar refractivity (Wildman–Crippen MR) is 92.8 cm³/mol. The second-order valence-electron chi connectivity index (χ2n) is 6.24. The first kappa shape index (κ1) is 18.5. The molecule has 0 saturated carbocycles. The quantitative estimate of drug-likeness (QED) is 0.855. The van der Waals surface area contributed by atoms with Gasteiger partial charge in [-0.3, -0.25) is 9.69 Å². The summed E-state index contributed by atoms with van der Waals surface area (Å²) in [5.74, 6) is 1.22. The van der Waals surface area contributed by atoms with Gasteiger partial charge in [0.25, 0.3) is 5.91 Å². The molecule has 0 bridgehead atoms. The van der Waals surface area contributed by atoms with E-state index in [0.29, 0.717) is 43.3 Å². The van der Waals surface area contributed by atoms with E-state index in [2.05, 4.69) is 11.8 Å². The fraction of sp³-hybridized carbons (Fsp3) is 0.611. The molecule has 1 amide bonds. The lowest BCUT2D eigenvalue weighted by molar-refractivity contribution is 0.0365. The number of β-amino-alcohol motifs (C(OH)–C–C–N with tert-alkyl or cyclic N) is 1. The van der Waals surface area contributed by atoms with Crippen molar-refractivity contribution in [3.05, 3.63) is 23.8 Å². The summed E-state index contributed by atoms with van der Waals surface area (Å²) in [5.41, 5.74) is 0.603. The molecule has 6 nitrogen and oxygen atoms in total. The minimum Gasteiger partial charge on any atom is -0.493 e. The molecule has 134 valence electrons. The predicted octanol–water partition coefficient (Wildman–Crippen LogP) is 1.62. The molecular formula is C18H28N2O4. The molecule has 0 aromatic heterocycles. The average molecular weight is 336 g/mol. The summed E-state index contributed by atoms with van der Waals surface area (Å²) >= 11 is 0. The number of aliphatic hydroxyl groups excluding tert-OH is 1. The Hall–Kier alpha value is -1.79. The zero-order valence-electron chi connectivity index (χ0n) is 15.0. The van der Waals surface area contributed by atoms with Crippen LogP contribution in [0.25, 0.3) is 0 Å². The van der Waals surface area contributed by atoms with Crippen LogP contribution in [0.1, 0.15) is 31.1 Å². The van der Waals surface area contributed by atoms with E-state index in [0.717, 1.165) is 6.54 Å². The van der Waals surface area contributed by atoms with E-state index in [1.807, 2.05) is 11.8 Å². The van der Waals surface area contributed by atoms with Gasteiger partial charge in [-0.05, 0) is 39.0 Å². The second kappa shape index (κ2) is 8.35. The molecule has 24 heavy (non-hydrogen) atoms. The zero-order valence-corrected chi connectivity index (χ0v) is 15.0. The van der Waals surface area contributed by atoms with Crippen LogP contribution in [0.5, 0.6) is 11.5 Å². The van der Waals surface area contributed by atoms with Crippen LogP contribution >= 0.6 is 0 Å². The summed E-state index contributed by atoms with van der Waals surface area (Å²) in [6.07, 6.45) is -0.356. The highest BCUT2D eigenvalue weighted by Gasteiger charge is 2.28. The highest BCUT2D eigenvalue weighted by atomic mass is 16.5. The number of rotatable bonds is 6. The van der Waals surface area contributed by atoms with Crippen LogP contribution in [0.2, 0.25) is 0 Å². The third-order valence-electron chi connectivity index (χ3n) is 4.26. The van der Waals surface area contributed by atoms with E-state index >= 15 is 0 Å². The third-order valence-corrected chi connectivity index (χ3v) is 4.26. The molecule has 1 aromatic rings. The first-order chi connectivity index (χ1) is 11.5. The number of hydrogen-bond acceptors (Lipinski definition) is 5. The Balaban J connectivity index is 2.07. The molecule has 1 fully saturated rings. The van der Waals surface area contributed by atoms with Gasteiger partial charge in [-0.2, -0.15) is 0 Å². The first-order valence-electron chi connectivity index (χ1n) is 8.48. The lowest BCUT2D eigenvalue weighted by Gasteiger charge is -2.40. The van der Waals surface area contributed by atoms with Crippen molar-refractivity contribution in [1.82, 2.24) is 9.80 Å². The Kier molecular flexibility index (Phi) is 6.45. The van der Waals surface area contributed by atoms with Gasteiger partial charge in [0, 0.05) is 37.8 Å². The van der Waals surface area contributed by atoms with Crippen molar-refractivity contribution < 1.29 is 19.4 Å². The number of carbonyl (C=O) groups is 1. The molecule has 0 radical (unpaired) electrons. The molecule has 2 atom stereocenters. The summed E-state index contributed by atoms with van der Waals surface area (Å²) in [6, 6.07) is 5.52. The minimum absolute atomic E-state index is 0.0000968. The Morgan fingerprint density at radius 2 is 2.12 bits per heavy atom. The Labute approximate surface area is 144 Å². The molecule has 1 aromatic carbocycles. The van der Waals surface area contributed by atoms with Gasteiger partial charge in [-0.1, -0.05) is 0 Å². The van der Waals surface area contributed by atoms with E-state index in [-0.39, 0.29) is 18.1 Å². The van der Waals surface area contributed by atoms with Crippen LogP contribution in [-0.2, 0) is 0 Å². The minimum atomic E-state index is -0.356. The number of piperazine rings is 1. The highest BCUT2D eigenvalue weighted by molar-refractivity contribution is 5.95. The summed E-state index contributed by atoms with van der Waals surface area (Å²) in [4.78, 5) is 16.8. The monoisotopic (exact) mass is 336 g/mol. The van der Waals surface area contributed by atoms with E-state index in [9.17, 15) is 9.90 Å². The van der Waals surface area contributed by atoms with Gasteiger partial charge in [-0.25, -0.2) is 0 Å². The molecule has 6 heteroatoms. The smallest absolute Gasteiger partial charge is 0.254 e. The Bertz CT molecular complexity index is 562. The van der Waals surface area contributed by atoms with Crippen molar-refractivity contribution in [1.29, 1.82) is 0 Å². The van der Waals surface area contributed by atoms with Gasteiger partial charge in [0.05, 0.1) is 19.8 Å². The van der Waals surface area contributed by atoms with Crippen molar-refractivity contribution in [2.24, 2.45) is 0 Å². The van der Waals surface area contributed by atoms with E-state index in [4.69, 9.17) is 9.47 Å². The van der Waals surface area contributed by atoms with Gasteiger partial charge in [-0.15, -0.1) is 0 Å². The highest BCUT2D eigenvalue weighted by Crippen LogP contribution is 2.28. The maximum atomic E-state index is 12.8. The number of ether oxygens (including phenoxy) is 2. The molecule has 1 heterocycles. The van der Waals surface area contributed by atoms with E-state index in [1.165, 1.54) is 0 Å². The van der Waals surface area contributed by atoms with Gasteiger partial charge >= 0.3 is 0 Å². The standard InChI is InChI=1S/C18H28N2O4/c1-5-24-16-7-6-15(10-17(16)23-4)18(22)20-9-8-19(12-14(3)21)13(2)11-20/h6-7,10,13-14,21H,5,8-9,11-12H2,1-4H3/t13-,14-/m1/s1. The van der Waals surface area contributed by atoms with Crippen LogP contribution in [0.4, 0.5) is 0 Å². The SMILES string of the molecule is CCOc1ccc(C(=O)N2CCN(C[C@@H](C)O)[C@H](C)C2)cc1OC. The molecule has 1 saturated heterocycles. The zero-order chi connectivity index (χ0) is 17.7. The molecule has 0 unspecified atom stereocenters. The number of amides is 1. The number of aliphatic hydroxyl groups is 1. The lowest BCUT2D eigenvalue weighted by atomic mass is 10.1. The van der Waals surface area contributed by atoms with Crippen molar-refractivity contribution in [3.63, 3.8) is 0 Å². The summed E-state index contributed by atoms with van der Waals surface area (Å²) in [6.45, 7) is 9.05. The number of hydrogen-bond donors (Lipinski definition) is 1. The van der Waals surface area contributed by atoms with Crippen LogP contribution in [0.3, 0.4) is 0 Å². The molecule has 0 aliphatic carbocycles. The second-order valence-corrected chi connectivity index (χ2v) is 6.24. The largest absolute Gasteiger partial charge is 0.493 e. The molecule has 2 rings (SSSR count). The summed E-state index contributed by atoms with van der Waals surface area (Å²) < 4.78 is 10.8. The Morgan fingerprint density at radius 1 is 1.38 bits per heavy atom. The Morgan fingerprint density at radius 3 is 2.71 bits per heavy atom. The van der Waals surface area contributed by atoms with Gasteiger partial charge < -0.3 is 19.5 Å². The van der Waals surface area contributed by atoms with Crippen molar-refractivity contribution in [2.45, 2.75) is 32.9 Å². The van der Waals surface area contributed by atoms with Gasteiger partial charge in [0.15, 0.2) is 11.5 Å². The van der Waals surface area contributed by atoms with Crippen LogP contribution in [-0.4, -0.2) is 72.9 Å². The number of nitrogens with zero attached hydrogens (tertiary/aromatic N) is 2. The van der Waals surface area contributed by atoms with Crippen molar-refractivity contribution >= 4 is 5.91 Å². The van der Waals surface area contributed by atoms with Crippen LogP contribution in [0.15, 0.2) is 18.2 Å². The molecule has 0 spiro atoms. The number of methoxy groups -OCH3 is 1. The van der Waals surface area contributed by atoms with Gasteiger partial charge in [0.1, 0.15) is 0 Å². The molecule has 1 N–H and O–H groups in total. The maximum absolute atomic E-state index is 12.8. The van der Waals surface area contributed by atoms with Crippen LogP contribution < -0.4 is 9.47 Å². The van der Waals surface area contributed by atoms with Crippen molar-refractivity contribution in [2.75, 3.05) is 39.9 Å². The average Bonchev–Trinajstić information content (AvgIpc) is 2.56. The fourth-order valence-electron chi connectivity index (χ4n) is 3.05. The van der Waals surface area contributed by atoms with Gasteiger partial charge in [0.2, 0.25) is 0 Å². The number of benzene rings is 1. The molecular weight excluding hydrogens is 308 g/mol. The number of carbonyl (C=O) groups excluding carboxylic acids is 1. The lowest BCUT2D eigenvalue weighted by Crippen LogP contribution is -2.54. The fourth-order valence-corrected chi connectivity index (χ4v) is 3.05. The topological polar surface area (TPSA) is 62.2 Å². The third kappa shape index (κ3) is 4.39. The van der Waals surface area contributed by atoms with E-state index in [1.54, 1.807) is 32.2 Å². The molecule has 1 aliphatic rings. The van der Waals surface area contributed by atoms with Crippen molar-refractivity contribution in [3.8, 4) is 11.5 Å². The molecule has 1 aliphatic heterocycles. The van der Waals surface area contributed by atoms with E-state index < -0.39 is 0 Å². The van der Waals surface area contributed by atoms with Crippen LogP contribution in [0, 0.1) is 0 Å². The first-order valence-corrected chi connectivity index (χ1v) is 8.48. The normalized spacial score (nSPS) is 19.9.